The van der Waals surface area contributed by atoms with Gasteiger partial charge in [-0.3, -0.25) is 4.79 Å². The molecule has 4 heteroatoms. The van der Waals surface area contributed by atoms with Gasteiger partial charge in [-0.2, -0.15) is 0 Å². The average Bonchev–Trinajstić information content (AvgIpc) is 2.10. The Hall–Kier alpha value is -1.05. The minimum absolute atomic E-state index is 0.308. The van der Waals surface area contributed by atoms with Crippen molar-refractivity contribution in [2.75, 3.05) is 6.61 Å². The lowest BCUT2D eigenvalue weighted by molar-refractivity contribution is -0.144. The van der Waals surface area contributed by atoms with Crippen LogP contribution in [-0.4, -0.2) is 35.0 Å². The maximum Gasteiger partial charge on any atom is 0.303 e. The van der Waals surface area contributed by atoms with E-state index in [2.05, 4.69) is 5.92 Å². The molecule has 0 aliphatic rings. The Balaban J connectivity index is 3.74. The monoisotopic (exact) mass is 186 g/mol. The summed E-state index contributed by atoms with van der Waals surface area (Å²) in [7, 11) is 0. The molecule has 0 aliphatic carbocycles. The van der Waals surface area contributed by atoms with E-state index in [0.29, 0.717) is 12.8 Å². The molecule has 13 heavy (non-hydrogen) atoms. The maximum absolute atomic E-state index is 10.5. The quantitative estimate of drug-likeness (QED) is 0.456. The summed E-state index contributed by atoms with van der Waals surface area (Å²) >= 11 is 0. The molecule has 0 amide bonds. The van der Waals surface area contributed by atoms with Gasteiger partial charge in [-0.25, -0.2) is 0 Å². The summed E-state index contributed by atoms with van der Waals surface area (Å²) in [4.78, 5) is 10.5. The summed E-state index contributed by atoms with van der Waals surface area (Å²) in [6.07, 6.45) is 4.34. The first-order chi connectivity index (χ1) is 6.10. The van der Waals surface area contributed by atoms with E-state index in [1.54, 1.807) is 0 Å². The zero-order chi connectivity index (χ0) is 10.3. The van der Waals surface area contributed by atoms with Gasteiger partial charge in [-0.15, -0.1) is 6.42 Å². The standard InChI is InChI=1S/C9H14O4/c1-3-9(13-7(2)11)5-4-8(12)6-10/h1,8-10,12H,4-6H2,2H3/t8?,9-/m1/s1. The highest BCUT2D eigenvalue weighted by Gasteiger charge is 2.10. The van der Waals surface area contributed by atoms with E-state index >= 15 is 0 Å². The fourth-order valence-corrected chi connectivity index (χ4v) is 0.812. The molecule has 0 aromatic rings. The molecule has 0 spiro atoms. The number of esters is 1. The van der Waals surface area contributed by atoms with E-state index in [1.807, 2.05) is 0 Å². The smallest absolute Gasteiger partial charge is 0.303 e. The second-order valence-electron chi connectivity index (χ2n) is 2.68. The van der Waals surface area contributed by atoms with Crippen LogP contribution < -0.4 is 0 Å². The number of aliphatic hydroxyl groups is 2. The maximum atomic E-state index is 10.5. The number of hydrogen-bond acceptors (Lipinski definition) is 4. The summed E-state index contributed by atoms with van der Waals surface area (Å²) in [5, 5.41) is 17.5. The van der Waals surface area contributed by atoms with E-state index in [9.17, 15) is 4.79 Å². The van der Waals surface area contributed by atoms with Crippen molar-refractivity contribution in [2.45, 2.75) is 32.0 Å². The van der Waals surface area contributed by atoms with Crippen molar-refractivity contribution in [3.63, 3.8) is 0 Å². The summed E-state index contributed by atoms with van der Waals surface area (Å²) in [5.74, 6) is 1.83. The van der Waals surface area contributed by atoms with E-state index in [0.717, 1.165) is 0 Å². The molecule has 0 saturated carbocycles. The Morgan fingerprint density at radius 2 is 2.23 bits per heavy atom. The highest BCUT2D eigenvalue weighted by molar-refractivity contribution is 5.66. The van der Waals surface area contributed by atoms with Crippen LogP contribution in [0.25, 0.3) is 0 Å². The van der Waals surface area contributed by atoms with Crippen LogP contribution >= 0.6 is 0 Å². The largest absolute Gasteiger partial charge is 0.449 e. The molecule has 4 nitrogen and oxygen atoms in total. The number of ether oxygens (including phenoxy) is 1. The summed E-state index contributed by atoms with van der Waals surface area (Å²) < 4.78 is 4.73. The third-order valence-electron chi connectivity index (χ3n) is 1.47. The van der Waals surface area contributed by atoms with Gasteiger partial charge < -0.3 is 14.9 Å². The molecule has 0 aliphatic heterocycles. The highest BCUT2D eigenvalue weighted by Crippen LogP contribution is 2.04. The third-order valence-corrected chi connectivity index (χ3v) is 1.47. The predicted molar refractivity (Wildman–Crippen MR) is 46.7 cm³/mol. The van der Waals surface area contributed by atoms with Crippen molar-refractivity contribution in [3.8, 4) is 12.3 Å². The summed E-state index contributed by atoms with van der Waals surface area (Å²) in [6, 6.07) is 0. The van der Waals surface area contributed by atoms with E-state index in [1.165, 1.54) is 6.92 Å². The van der Waals surface area contributed by atoms with Crippen molar-refractivity contribution in [1.29, 1.82) is 0 Å². The van der Waals surface area contributed by atoms with Crippen LogP contribution in [0.3, 0.4) is 0 Å². The average molecular weight is 186 g/mol. The minimum atomic E-state index is -0.800. The van der Waals surface area contributed by atoms with Crippen LogP contribution in [0.15, 0.2) is 0 Å². The van der Waals surface area contributed by atoms with Crippen molar-refractivity contribution >= 4 is 5.97 Å². The third kappa shape index (κ3) is 6.14. The molecule has 1 unspecified atom stereocenters. The van der Waals surface area contributed by atoms with Gasteiger partial charge in [0.05, 0.1) is 12.7 Å². The first-order valence-electron chi connectivity index (χ1n) is 4.02. The number of aliphatic hydroxyl groups excluding tert-OH is 2. The fourth-order valence-electron chi connectivity index (χ4n) is 0.812. The van der Waals surface area contributed by atoms with Gasteiger partial charge in [0.15, 0.2) is 6.10 Å². The van der Waals surface area contributed by atoms with Crippen LogP contribution in [-0.2, 0) is 9.53 Å². The van der Waals surface area contributed by atoms with Gasteiger partial charge in [-0.1, -0.05) is 5.92 Å². The topological polar surface area (TPSA) is 66.8 Å². The zero-order valence-electron chi connectivity index (χ0n) is 7.56. The lowest BCUT2D eigenvalue weighted by atomic mass is 10.1. The molecule has 0 bridgehead atoms. The van der Waals surface area contributed by atoms with Gasteiger partial charge in [0, 0.05) is 6.92 Å². The lowest BCUT2D eigenvalue weighted by Crippen LogP contribution is -2.19. The number of carbonyl (C=O) groups excluding carboxylic acids is 1. The number of rotatable bonds is 5. The van der Waals surface area contributed by atoms with E-state index < -0.39 is 18.2 Å². The van der Waals surface area contributed by atoms with E-state index in [-0.39, 0.29) is 6.61 Å². The fraction of sp³-hybridized carbons (Fsp3) is 0.667. The number of carbonyl (C=O) groups is 1. The Kier molecular flexibility index (Phi) is 5.94. The Bertz CT molecular complexity index is 194. The summed E-state index contributed by atoms with van der Waals surface area (Å²) in [5.41, 5.74) is 0. The molecule has 0 aromatic carbocycles. The lowest BCUT2D eigenvalue weighted by Gasteiger charge is -2.12. The number of hydrogen-bond donors (Lipinski definition) is 2. The van der Waals surface area contributed by atoms with Gasteiger partial charge in [0.1, 0.15) is 0 Å². The predicted octanol–water partition coefficient (Wildman–Crippen LogP) is -0.315. The van der Waals surface area contributed by atoms with Crippen molar-refractivity contribution in [2.24, 2.45) is 0 Å². The van der Waals surface area contributed by atoms with Crippen LogP contribution in [0.2, 0.25) is 0 Å². The van der Waals surface area contributed by atoms with Crippen molar-refractivity contribution < 1.29 is 19.7 Å². The molecular weight excluding hydrogens is 172 g/mol. The van der Waals surface area contributed by atoms with Crippen LogP contribution in [0.4, 0.5) is 0 Å². The zero-order valence-corrected chi connectivity index (χ0v) is 7.56. The Morgan fingerprint density at radius 3 is 2.62 bits per heavy atom. The molecular formula is C9H14O4. The van der Waals surface area contributed by atoms with Crippen molar-refractivity contribution in [1.82, 2.24) is 0 Å². The van der Waals surface area contributed by atoms with Crippen LogP contribution in [0.1, 0.15) is 19.8 Å². The van der Waals surface area contributed by atoms with Gasteiger partial charge in [0.2, 0.25) is 0 Å². The molecule has 0 rings (SSSR count). The van der Waals surface area contributed by atoms with E-state index in [4.69, 9.17) is 21.4 Å². The summed E-state index contributed by atoms with van der Waals surface area (Å²) in [6.45, 7) is 0.962. The minimum Gasteiger partial charge on any atom is -0.449 e. The van der Waals surface area contributed by atoms with Crippen LogP contribution in [0, 0.1) is 12.3 Å². The number of terminal acetylenes is 1. The molecule has 2 N–H and O–H groups in total. The van der Waals surface area contributed by atoms with Crippen molar-refractivity contribution in [3.05, 3.63) is 0 Å². The molecule has 0 heterocycles. The molecule has 0 radical (unpaired) electrons. The van der Waals surface area contributed by atoms with Gasteiger partial charge in [0.25, 0.3) is 0 Å². The Morgan fingerprint density at radius 1 is 1.62 bits per heavy atom. The second-order valence-corrected chi connectivity index (χ2v) is 2.68. The van der Waals surface area contributed by atoms with Crippen LogP contribution in [0.5, 0.6) is 0 Å². The normalized spacial score (nSPS) is 14.3. The molecule has 0 aromatic heterocycles. The Labute approximate surface area is 77.5 Å². The molecule has 2 atom stereocenters. The molecule has 0 fully saturated rings. The van der Waals surface area contributed by atoms with Gasteiger partial charge in [-0.05, 0) is 12.8 Å². The SMILES string of the molecule is C#C[C@H](CCC(O)CO)OC(C)=O. The molecule has 74 valence electrons. The first-order valence-corrected chi connectivity index (χ1v) is 4.02. The van der Waals surface area contributed by atoms with Gasteiger partial charge >= 0.3 is 5.97 Å². The first kappa shape index (κ1) is 11.9. The highest BCUT2D eigenvalue weighted by atomic mass is 16.5. The second kappa shape index (κ2) is 6.46. The molecule has 0 saturated heterocycles.